The molecule has 5 heteroatoms. The minimum Gasteiger partial charge on any atom is -0.492 e. The van der Waals surface area contributed by atoms with E-state index in [1.165, 1.54) is 0 Å². The van der Waals surface area contributed by atoms with E-state index in [-0.39, 0.29) is 0 Å². The van der Waals surface area contributed by atoms with E-state index in [0.717, 1.165) is 23.3 Å². The Labute approximate surface area is 105 Å². The summed E-state index contributed by atoms with van der Waals surface area (Å²) in [6, 6.07) is 3.79. The van der Waals surface area contributed by atoms with Crippen molar-refractivity contribution in [3.8, 4) is 16.9 Å². The summed E-state index contributed by atoms with van der Waals surface area (Å²) in [6.07, 6.45) is 6.17. The number of nitrogens with one attached hydrogen (secondary N) is 1. The van der Waals surface area contributed by atoms with Crippen LogP contribution in [0.15, 0.2) is 30.7 Å². The number of nitrogens with zero attached hydrogens (tertiary/aromatic N) is 2. The van der Waals surface area contributed by atoms with Crippen LogP contribution in [0.25, 0.3) is 11.1 Å². The molecule has 0 aromatic carbocycles. The lowest BCUT2D eigenvalue weighted by Crippen LogP contribution is -1.95. The van der Waals surface area contributed by atoms with Crippen molar-refractivity contribution in [3.63, 3.8) is 0 Å². The highest BCUT2D eigenvalue weighted by atomic mass is 32.1. The maximum absolute atomic E-state index is 5.53. The number of rotatable bonds is 4. The van der Waals surface area contributed by atoms with Gasteiger partial charge in [-0.15, -0.1) is 0 Å². The van der Waals surface area contributed by atoms with Crippen LogP contribution in [0.4, 0.5) is 0 Å². The van der Waals surface area contributed by atoms with Gasteiger partial charge in [0.15, 0.2) is 0 Å². The van der Waals surface area contributed by atoms with Crippen LogP contribution in [0, 0.1) is 4.64 Å². The van der Waals surface area contributed by atoms with E-state index in [9.17, 15) is 0 Å². The molecule has 2 rings (SSSR count). The van der Waals surface area contributed by atoms with Crippen LogP contribution < -0.4 is 4.74 Å². The molecular formula is C12H13N3OS. The quantitative estimate of drug-likeness (QED) is 0.844. The standard InChI is InChI=1S/C12H13N3OS/c1-2-3-16-11-4-9(6-13-8-11)10-5-12(17)15-14-7-10/h4-8H,2-3H2,1H3,(H,15,17). The Morgan fingerprint density at radius 1 is 1.24 bits per heavy atom. The number of hydrogen-bond donors (Lipinski definition) is 1. The van der Waals surface area contributed by atoms with Crippen LogP contribution >= 0.6 is 12.2 Å². The third-order valence-corrected chi connectivity index (χ3v) is 2.39. The SMILES string of the molecule is CCCOc1cncc(-c2cn[nH]c(=S)c2)c1. The second kappa shape index (κ2) is 5.54. The van der Waals surface area contributed by atoms with Crippen molar-refractivity contribution in [2.75, 3.05) is 6.61 Å². The van der Waals surface area contributed by atoms with E-state index in [1.54, 1.807) is 18.6 Å². The molecule has 0 bridgehead atoms. The topological polar surface area (TPSA) is 50.8 Å². The van der Waals surface area contributed by atoms with Gasteiger partial charge in [0.05, 0.1) is 19.0 Å². The van der Waals surface area contributed by atoms with Gasteiger partial charge in [-0.05, 0) is 18.6 Å². The zero-order valence-electron chi connectivity index (χ0n) is 9.51. The van der Waals surface area contributed by atoms with Crippen molar-refractivity contribution in [1.29, 1.82) is 0 Å². The van der Waals surface area contributed by atoms with Gasteiger partial charge in [-0.3, -0.25) is 10.1 Å². The van der Waals surface area contributed by atoms with Gasteiger partial charge in [0.1, 0.15) is 10.4 Å². The minimum absolute atomic E-state index is 0.599. The third kappa shape index (κ3) is 3.10. The summed E-state index contributed by atoms with van der Waals surface area (Å²) in [6.45, 7) is 2.76. The van der Waals surface area contributed by atoms with Crippen molar-refractivity contribution in [3.05, 3.63) is 35.4 Å². The van der Waals surface area contributed by atoms with Gasteiger partial charge in [0.2, 0.25) is 0 Å². The van der Waals surface area contributed by atoms with Crippen LogP contribution in [0.1, 0.15) is 13.3 Å². The van der Waals surface area contributed by atoms with Crippen LogP contribution in [0.3, 0.4) is 0 Å². The number of hydrogen-bond acceptors (Lipinski definition) is 4. The molecule has 0 saturated carbocycles. The van der Waals surface area contributed by atoms with Crippen molar-refractivity contribution in [2.24, 2.45) is 0 Å². The number of H-pyrrole nitrogens is 1. The molecule has 0 amide bonds. The highest BCUT2D eigenvalue weighted by Crippen LogP contribution is 2.21. The average molecular weight is 247 g/mol. The summed E-state index contributed by atoms with van der Waals surface area (Å²) in [5, 5.41) is 6.66. The summed E-state index contributed by atoms with van der Waals surface area (Å²) >= 11 is 5.03. The molecule has 0 saturated heterocycles. The zero-order chi connectivity index (χ0) is 12.1. The normalized spacial score (nSPS) is 10.2. The van der Waals surface area contributed by atoms with E-state index in [1.807, 2.05) is 12.1 Å². The lowest BCUT2D eigenvalue weighted by atomic mass is 10.1. The van der Waals surface area contributed by atoms with E-state index in [0.29, 0.717) is 11.2 Å². The highest BCUT2D eigenvalue weighted by Gasteiger charge is 2.01. The van der Waals surface area contributed by atoms with Gasteiger partial charge in [0.25, 0.3) is 0 Å². The first kappa shape index (κ1) is 11.7. The minimum atomic E-state index is 0.599. The highest BCUT2D eigenvalue weighted by molar-refractivity contribution is 7.71. The van der Waals surface area contributed by atoms with E-state index in [4.69, 9.17) is 17.0 Å². The molecule has 0 spiro atoms. The largest absolute Gasteiger partial charge is 0.492 e. The van der Waals surface area contributed by atoms with Crippen molar-refractivity contribution >= 4 is 12.2 Å². The number of ether oxygens (including phenoxy) is 1. The predicted octanol–water partition coefficient (Wildman–Crippen LogP) is 2.99. The van der Waals surface area contributed by atoms with Crippen molar-refractivity contribution in [2.45, 2.75) is 13.3 Å². The fourth-order valence-electron chi connectivity index (χ4n) is 1.41. The molecule has 88 valence electrons. The van der Waals surface area contributed by atoms with Crippen LogP contribution in [-0.4, -0.2) is 21.8 Å². The molecular weight excluding hydrogens is 234 g/mol. The van der Waals surface area contributed by atoms with Gasteiger partial charge in [-0.1, -0.05) is 19.1 Å². The van der Waals surface area contributed by atoms with E-state index >= 15 is 0 Å². The van der Waals surface area contributed by atoms with Gasteiger partial charge in [-0.2, -0.15) is 5.10 Å². The van der Waals surface area contributed by atoms with Crippen LogP contribution in [-0.2, 0) is 0 Å². The first-order valence-electron chi connectivity index (χ1n) is 5.42. The molecule has 0 aliphatic carbocycles. The first-order valence-corrected chi connectivity index (χ1v) is 5.83. The second-order valence-corrected chi connectivity index (χ2v) is 4.03. The Hall–Kier alpha value is -1.75. The first-order chi connectivity index (χ1) is 8.29. The Morgan fingerprint density at radius 3 is 2.82 bits per heavy atom. The van der Waals surface area contributed by atoms with Gasteiger partial charge in [0, 0.05) is 17.3 Å². The molecule has 0 radical (unpaired) electrons. The Balaban J connectivity index is 2.29. The van der Waals surface area contributed by atoms with Crippen LogP contribution in [0.5, 0.6) is 5.75 Å². The third-order valence-electron chi connectivity index (χ3n) is 2.18. The molecule has 17 heavy (non-hydrogen) atoms. The molecule has 1 N–H and O–H groups in total. The smallest absolute Gasteiger partial charge is 0.138 e. The lowest BCUT2D eigenvalue weighted by molar-refractivity contribution is 0.316. The maximum Gasteiger partial charge on any atom is 0.138 e. The summed E-state index contributed by atoms with van der Waals surface area (Å²) in [4.78, 5) is 4.15. The van der Waals surface area contributed by atoms with Crippen molar-refractivity contribution in [1.82, 2.24) is 15.2 Å². The fraction of sp³-hybridized carbons (Fsp3) is 0.250. The molecule has 2 heterocycles. The van der Waals surface area contributed by atoms with Gasteiger partial charge in [-0.25, -0.2) is 0 Å². The fourth-order valence-corrected chi connectivity index (χ4v) is 1.59. The van der Waals surface area contributed by atoms with E-state index in [2.05, 4.69) is 22.1 Å². The second-order valence-electron chi connectivity index (χ2n) is 3.59. The zero-order valence-corrected chi connectivity index (χ0v) is 10.3. The summed E-state index contributed by atoms with van der Waals surface area (Å²) < 4.78 is 6.13. The Kier molecular flexibility index (Phi) is 3.82. The molecule has 2 aromatic heterocycles. The number of aromatic amines is 1. The summed E-state index contributed by atoms with van der Waals surface area (Å²) in [5.74, 6) is 0.767. The van der Waals surface area contributed by atoms with E-state index < -0.39 is 0 Å². The van der Waals surface area contributed by atoms with Gasteiger partial charge < -0.3 is 4.74 Å². The summed E-state index contributed by atoms with van der Waals surface area (Å²) in [5.41, 5.74) is 1.88. The van der Waals surface area contributed by atoms with Gasteiger partial charge >= 0.3 is 0 Å². The van der Waals surface area contributed by atoms with Crippen LogP contribution in [0.2, 0.25) is 0 Å². The van der Waals surface area contributed by atoms with Crippen molar-refractivity contribution < 1.29 is 4.74 Å². The Morgan fingerprint density at radius 2 is 2.06 bits per heavy atom. The average Bonchev–Trinajstić information content (AvgIpc) is 2.37. The molecule has 0 fully saturated rings. The Bertz CT molecular complexity index is 553. The molecule has 0 aliphatic rings. The lowest BCUT2D eigenvalue weighted by Gasteiger charge is -2.06. The maximum atomic E-state index is 5.53. The molecule has 0 atom stereocenters. The summed E-state index contributed by atoms with van der Waals surface area (Å²) in [7, 11) is 0. The number of aromatic nitrogens is 3. The molecule has 4 nitrogen and oxygen atoms in total. The molecule has 2 aromatic rings. The monoisotopic (exact) mass is 247 g/mol. The molecule has 0 unspecified atom stereocenters. The number of pyridine rings is 1. The predicted molar refractivity (Wildman–Crippen MR) is 68.4 cm³/mol. The molecule has 0 aliphatic heterocycles.